The zero-order valence-corrected chi connectivity index (χ0v) is 18.0. The lowest BCUT2D eigenvalue weighted by molar-refractivity contribution is -0.137. The van der Waals surface area contributed by atoms with Gasteiger partial charge in [0.25, 0.3) is 11.8 Å². The molecule has 1 aliphatic carbocycles. The third kappa shape index (κ3) is 4.53. The molecule has 1 spiro atoms. The van der Waals surface area contributed by atoms with Crippen molar-refractivity contribution in [1.29, 1.82) is 0 Å². The number of nitrogens with one attached hydrogen (secondary N) is 1. The van der Waals surface area contributed by atoms with Crippen molar-refractivity contribution in [1.82, 2.24) is 20.0 Å². The number of benzene rings is 1. The number of hydrogen-bond acceptors (Lipinski definition) is 4. The summed E-state index contributed by atoms with van der Waals surface area (Å²) in [5, 5.41) is 2.78. The lowest BCUT2D eigenvalue weighted by Gasteiger charge is -2.35. The highest BCUT2D eigenvalue weighted by Gasteiger charge is 2.52. The summed E-state index contributed by atoms with van der Waals surface area (Å²) in [5.41, 5.74) is -1.47. The molecule has 0 radical (unpaired) electrons. The van der Waals surface area contributed by atoms with Crippen LogP contribution in [0.3, 0.4) is 0 Å². The average molecular weight is 466 g/mol. The normalized spacial score (nSPS) is 20.5. The third-order valence-corrected chi connectivity index (χ3v) is 6.63. The Bertz CT molecular complexity index is 949. The average Bonchev–Trinajstić information content (AvgIpc) is 3.36. The minimum Gasteiger partial charge on any atom is -0.339 e. The first kappa shape index (κ1) is 23.1. The van der Waals surface area contributed by atoms with E-state index in [1.807, 2.05) is 0 Å². The summed E-state index contributed by atoms with van der Waals surface area (Å²) >= 11 is 0. The van der Waals surface area contributed by atoms with Crippen LogP contribution >= 0.6 is 0 Å². The molecular weight excluding hydrogens is 441 g/mol. The van der Waals surface area contributed by atoms with Gasteiger partial charge in [0.2, 0.25) is 5.91 Å². The van der Waals surface area contributed by atoms with Gasteiger partial charge in [-0.15, -0.1) is 0 Å². The molecule has 3 fully saturated rings. The number of alkyl halides is 3. The Morgan fingerprint density at radius 3 is 2.09 bits per heavy atom. The smallest absolute Gasteiger partial charge is 0.339 e. The van der Waals surface area contributed by atoms with Gasteiger partial charge in [-0.1, -0.05) is 12.8 Å². The first-order chi connectivity index (χ1) is 15.6. The highest BCUT2D eigenvalue weighted by Crippen LogP contribution is 2.35. The maximum Gasteiger partial charge on any atom is 0.416 e. The number of hydrogen-bond donors (Lipinski definition) is 1. The van der Waals surface area contributed by atoms with Crippen LogP contribution in [0.2, 0.25) is 0 Å². The Morgan fingerprint density at radius 1 is 0.939 bits per heavy atom. The molecule has 0 aromatic heterocycles. The maximum absolute atomic E-state index is 12.7. The van der Waals surface area contributed by atoms with Gasteiger partial charge in [0, 0.05) is 44.7 Å². The second-order valence-electron chi connectivity index (χ2n) is 8.67. The number of imide groups is 1. The molecule has 1 aromatic rings. The zero-order valence-electron chi connectivity index (χ0n) is 18.0. The molecule has 1 N–H and O–H groups in total. The predicted octanol–water partition coefficient (Wildman–Crippen LogP) is 2.24. The predicted molar refractivity (Wildman–Crippen MR) is 110 cm³/mol. The van der Waals surface area contributed by atoms with E-state index in [9.17, 15) is 32.3 Å². The lowest BCUT2D eigenvalue weighted by atomic mass is 9.98. The second kappa shape index (κ2) is 8.68. The van der Waals surface area contributed by atoms with Gasteiger partial charge in [-0.3, -0.25) is 19.3 Å². The fourth-order valence-electron chi connectivity index (χ4n) is 4.71. The van der Waals surface area contributed by atoms with Crippen LogP contribution in [-0.2, 0) is 15.8 Å². The van der Waals surface area contributed by atoms with Crippen LogP contribution < -0.4 is 5.32 Å². The van der Waals surface area contributed by atoms with Crippen molar-refractivity contribution in [2.75, 3.05) is 32.7 Å². The molecule has 2 aliphatic heterocycles. The molecule has 178 valence electrons. The fourth-order valence-corrected chi connectivity index (χ4v) is 4.71. The first-order valence-electron chi connectivity index (χ1n) is 11.0. The number of urea groups is 1. The summed E-state index contributed by atoms with van der Waals surface area (Å²) < 4.78 is 38.1. The van der Waals surface area contributed by atoms with E-state index >= 15 is 0 Å². The van der Waals surface area contributed by atoms with Crippen molar-refractivity contribution in [3.8, 4) is 0 Å². The van der Waals surface area contributed by atoms with Crippen LogP contribution in [0.1, 0.15) is 48.0 Å². The lowest BCUT2D eigenvalue weighted by Crippen LogP contribution is -2.51. The van der Waals surface area contributed by atoms with Gasteiger partial charge in [0.1, 0.15) is 5.54 Å². The largest absolute Gasteiger partial charge is 0.416 e. The summed E-state index contributed by atoms with van der Waals surface area (Å²) in [6.07, 6.45) is -1.45. The molecule has 0 unspecified atom stereocenters. The summed E-state index contributed by atoms with van der Waals surface area (Å²) in [6, 6.07) is 3.59. The zero-order chi connectivity index (χ0) is 23.8. The molecule has 8 nitrogen and oxygen atoms in total. The fraction of sp³-hybridized carbons (Fsp3) is 0.545. The van der Waals surface area contributed by atoms with Gasteiger partial charge < -0.3 is 15.1 Å². The molecule has 0 atom stereocenters. The van der Waals surface area contributed by atoms with Gasteiger partial charge in [-0.2, -0.15) is 13.2 Å². The topological polar surface area (TPSA) is 90.0 Å². The molecule has 3 aliphatic rings. The number of piperazine rings is 1. The number of amides is 5. The second-order valence-corrected chi connectivity index (χ2v) is 8.67. The van der Waals surface area contributed by atoms with E-state index in [2.05, 4.69) is 5.32 Å². The van der Waals surface area contributed by atoms with Gasteiger partial charge >= 0.3 is 12.2 Å². The Kier molecular flexibility index (Phi) is 6.06. The Balaban J connectivity index is 1.26. The summed E-state index contributed by atoms with van der Waals surface area (Å²) in [5.74, 6) is -0.869. The van der Waals surface area contributed by atoms with E-state index < -0.39 is 29.2 Å². The molecular formula is C22H25F3N4O4. The number of carbonyl (C=O) groups is 4. The van der Waals surface area contributed by atoms with Crippen molar-refractivity contribution < 1.29 is 32.3 Å². The van der Waals surface area contributed by atoms with Crippen LogP contribution in [0, 0.1) is 0 Å². The molecule has 33 heavy (non-hydrogen) atoms. The standard InChI is InChI=1S/C22H25F3N4O4/c23-22(24,25)16-5-3-15(4-6-16)18(31)28-13-11-27(12-14-28)17(30)7-10-29-19(32)21(26-20(29)33)8-1-2-9-21/h3-6H,1-2,7-14H2,(H,26,33). The van der Waals surface area contributed by atoms with Crippen LogP contribution in [-0.4, -0.2) is 76.7 Å². The molecule has 5 amide bonds. The highest BCUT2D eigenvalue weighted by atomic mass is 19.4. The van der Waals surface area contributed by atoms with Crippen molar-refractivity contribution in [2.45, 2.75) is 43.8 Å². The summed E-state index contributed by atoms with van der Waals surface area (Å²) in [6.45, 7) is 1.05. The van der Waals surface area contributed by atoms with Gasteiger partial charge in [-0.05, 0) is 37.1 Å². The van der Waals surface area contributed by atoms with E-state index in [0.29, 0.717) is 12.8 Å². The maximum atomic E-state index is 12.7. The minimum atomic E-state index is -4.47. The van der Waals surface area contributed by atoms with Crippen LogP contribution in [0.25, 0.3) is 0 Å². The molecule has 2 saturated heterocycles. The minimum absolute atomic E-state index is 0.00207. The Hall–Kier alpha value is -3.11. The SMILES string of the molecule is O=C(CCN1C(=O)NC2(CCCC2)C1=O)N1CCN(C(=O)c2ccc(C(F)(F)F)cc2)CC1. The quantitative estimate of drug-likeness (QED) is 0.690. The van der Waals surface area contributed by atoms with E-state index in [1.54, 1.807) is 4.90 Å². The third-order valence-electron chi connectivity index (χ3n) is 6.63. The molecule has 0 bridgehead atoms. The van der Waals surface area contributed by atoms with E-state index in [0.717, 1.165) is 42.0 Å². The Labute approximate surface area is 188 Å². The molecule has 4 rings (SSSR count). The van der Waals surface area contributed by atoms with Crippen LogP contribution in [0.5, 0.6) is 0 Å². The van der Waals surface area contributed by atoms with Crippen LogP contribution in [0.4, 0.5) is 18.0 Å². The van der Waals surface area contributed by atoms with Crippen molar-refractivity contribution >= 4 is 23.8 Å². The number of carbonyl (C=O) groups excluding carboxylic acids is 4. The molecule has 1 saturated carbocycles. The monoisotopic (exact) mass is 466 g/mol. The van der Waals surface area contributed by atoms with E-state index in [-0.39, 0.29) is 56.5 Å². The first-order valence-corrected chi connectivity index (χ1v) is 11.0. The molecule has 11 heteroatoms. The highest BCUT2D eigenvalue weighted by molar-refractivity contribution is 6.07. The van der Waals surface area contributed by atoms with Crippen molar-refractivity contribution in [3.05, 3.63) is 35.4 Å². The van der Waals surface area contributed by atoms with E-state index in [4.69, 9.17) is 0 Å². The van der Waals surface area contributed by atoms with Crippen molar-refractivity contribution in [3.63, 3.8) is 0 Å². The number of rotatable bonds is 4. The van der Waals surface area contributed by atoms with Gasteiger partial charge in [0.05, 0.1) is 5.56 Å². The van der Waals surface area contributed by atoms with Crippen LogP contribution in [0.15, 0.2) is 24.3 Å². The number of halogens is 3. The summed E-state index contributed by atoms with van der Waals surface area (Å²) in [4.78, 5) is 54.3. The van der Waals surface area contributed by atoms with E-state index in [1.165, 1.54) is 4.90 Å². The number of nitrogens with zero attached hydrogens (tertiary/aromatic N) is 3. The molecule has 1 aromatic carbocycles. The Morgan fingerprint density at radius 2 is 1.52 bits per heavy atom. The van der Waals surface area contributed by atoms with Gasteiger partial charge in [-0.25, -0.2) is 4.79 Å². The molecule has 2 heterocycles. The van der Waals surface area contributed by atoms with Crippen molar-refractivity contribution in [2.24, 2.45) is 0 Å². The van der Waals surface area contributed by atoms with Gasteiger partial charge in [0.15, 0.2) is 0 Å². The summed E-state index contributed by atoms with van der Waals surface area (Å²) in [7, 11) is 0.